The smallest absolute Gasteiger partial charge is 0.0152 e. The molecule has 2 saturated carbocycles. The Bertz CT molecular complexity index is 1110. The zero-order chi connectivity index (χ0) is 28.5. The quantitative estimate of drug-likeness (QED) is 0.229. The molecule has 3 atom stereocenters. The summed E-state index contributed by atoms with van der Waals surface area (Å²) < 4.78 is 7.58. The summed E-state index contributed by atoms with van der Waals surface area (Å²) in [4.78, 5) is 5.28. The number of fused-ring (bicyclic) bond motifs is 2. The molecule has 0 N–H and O–H groups in total. The van der Waals surface area contributed by atoms with Crippen LogP contribution in [-0.4, -0.2) is 34.7 Å². The molecule has 2 bridgehead atoms. The fourth-order valence-electron chi connectivity index (χ4n) is 7.54. The number of hydrogen-bond donors (Lipinski definition) is 0. The van der Waals surface area contributed by atoms with Crippen LogP contribution >= 0.6 is 0 Å². The topological polar surface area (TPSA) is 15.7 Å². The predicted molar refractivity (Wildman–Crippen MR) is 163 cm³/mol. The van der Waals surface area contributed by atoms with Gasteiger partial charge in [0.1, 0.15) is 0 Å². The molecule has 3 nitrogen and oxygen atoms in total. The van der Waals surface area contributed by atoms with Gasteiger partial charge in [0.15, 0.2) is 0 Å². The van der Waals surface area contributed by atoms with E-state index in [0.29, 0.717) is 22.7 Å². The van der Waals surface area contributed by atoms with E-state index in [0.717, 1.165) is 29.8 Å². The third-order valence-corrected chi connectivity index (χ3v) is 9.84. The Morgan fingerprint density at radius 3 is 2.08 bits per heavy atom. The van der Waals surface area contributed by atoms with Crippen LogP contribution in [0.3, 0.4) is 0 Å². The molecule has 1 aliphatic heterocycles. The second kappa shape index (κ2) is 12.2. The summed E-state index contributed by atoms with van der Waals surface area (Å²) in [5.41, 5.74) is 6.65. The van der Waals surface area contributed by atoms with Gasteiger partial charge in [-0.3, -0.25) is 0 Å². The molecule has 3 fully saturated rings. The molecule has 3 unspecified atom stereocenters. The van der Waals surface area contributed by atoms with Crippen LogP contribution in [0.5, 0.6) is 5.75 Å². The number of ether oxygens (including phenoxy) is 1. The van der Waals surface area contributed by atoms with Gasteiger partial charge >= 0.3 is 82.7 Å². The molecular weight excluding hydrogens is 565 g/mol. The Morgan fingerprint density at radius 1 is 0.923 bits per heavy atom. The summed E-state index contributed by atoms with van der Waals surface area (Å²) in [7, 11) is 0. The molecule has 1 heterocycles. The molecule has 215 valence electrons. The van der Waals surface area contributed by atoms with E-state index in [2.05, 4.69) is 101 Å². The second-order valence-electron chi connectivity index (χ2n) is 13.9. The molecule has 2 aromatic rings. The fraction of sp³-hybridized carbons (Fsp3) is 0.600. The third-order valence-electron chi connectivity index (χ3n) is 9.30. The number of anilines is 1. The number of para-hydroxylation sites is 2. The molecular formula is C35H51N2ORu. The standard InChI is InChI=1S/C25H39N2.C10H12O.Ru/c1-17(2)20-9-8-10-21(18(3)4)23(20)27-12-11-26(16-27)22-13-19-14-25(22,7)15-24(19,5)6;1-8(2)11-10-7-5-4-6-9(10)3;/h8-10,16-19,22H,11-15H2,1-7H3;3-8H,1-2H3;/q-1;;+1. The first-order valence-corrected chi connectivity index (χ1v) is 16.0. The first kappa shape index (κ1) is 30.5. The summed E-state index contributed by atoms with van der Waals surface area (Å²) >= 11 is 2.49. The summed E-state index contributed by atoms with van der Waals surface area (Å²) in [5.74, 6) is 2.97. The van der Waals surface area contributed by atoms with Crippen LogP contribution < -0.4 is 9.64 Å². The van der Waals surface area contributed by atoms with Crippen LogP contribution in [-0.2, 0) is 17.9 Å². The summed E-state index contributed by atoms with van der Waals surface area (Å²) in [6.45, 7) is 25.7. The maximum absolute atomic E-state index is 5.59. The summed E-state index contributed by atoms with van der Waals surface area (Å²) in [6.07, 6.45) is 4.43. The first-order chi connectivity index (χ1) is 18.4. The molecule has 3 aliphatic rings. The molecule has 39 heavy (non-hydrogen) atoms. The van der Waals surface area contributed by atoms with E-state index in [9.17, 15) is 0 Å². The van der Waals surface area contributed by atoms with Crippen LogP contribution in [0.2, 0.25) is 0 Å². The average Bonchev–Trinajstić information content (AvgIpc) is 3.54. The average molecular weight is 617 g/mol. The van der Waals surface area contributed by atoms with Crippen LogP contribution in [0.25, 0.3) is 0 Å². The number of rotatable bonds is 7. The van der Waals surface area contributed by atoms with E-state index in [1.54, 1.807) is 0 Å². The second-order valence-corrected chi connectivity index (χ2v) is 14.4. The van der Waals surface area contributed by atoms with Crippen molar-refractivity contribution < 1.29 is 22.6 Å². The predicted octanol–water partition coefficient (Wildman–Crippen LogP) is 8.56. The fourth-order valence-corrected chi connectivity index (χ4v) is 7.95. The van der Waals surface area contributed by atoms with Gasteiger partial charge in [-0.1, -0.05) is 66.7 Å². The van der Waals surface area contributed by atoms with Crippen LogP contribution in [0.4, 0.5) is 5.69 Å². The maximum Gasteiger partial charge on any atom is 0.0152 e. The van der Waals surface area contributed by atoms with E-state index in [-0.39, 0.29) is 6.10 Å². The molecule has 0 radical (unpaired) electrons. The van der Waals surface area contributed by atoms with E-state index in [1.807, 2.05) is 42.7 Å². The normalized spacial score (nSPS) is 25.9. The van der Waals surface area contributed by atoms with E-state index in [4.69, 9.17) is 4.74 Å². The minimum atomic E-state index is 0.234. The first-order valence-electron chi connectivity index (χ1n) is 15.0. The largest absolute Gasteiger partial charge is 0.507 e. The maximum atomic E-state index is 5.59. The van der Waals surface area contributed by atoms with Gasteiger partial charge in [0, 0.05) is 12.2 Å². The molecule has 2 aromatic carbocycles. The van der Waals surface area contributed by atoms with Crippen molar-refractivity contribution in [2.75, 3.05) is 18.0 Å². The molecule has 0 amide bonds. The summed E-state index contributed by atoms with van der Waals surface area (Å²) in [6, 6.07) is 15.7. The minimum absolute atomic E-state index is 0.234. The van der Waals surface area contributed by atoms with E-state index < -0.39 is 0 Å². The van der Waals surface area contributed by atoms with Crippen molar-refractivity contribution in [2.24, 2.45) is 16.7 Å². The van der Waals surface area contributed by atoms with Gasteiger partial charge in [-0.2, -0.15) is 6.67 Å². The van der Waals surface area contributed by atoms with Gasteiger partial charge in [-0.15, -0.1) is 0 Å². The van der Waals surface area contributed by atoms with Crippen molar-refractivity contribution in [2.45, 2.75) is 106 Å². The third kappa shape index (κ3) is 6.54. The minimum Gasteiger partial charge on any atom is -0.507 e. The number of benzene rings is 2. The van der Waals surface area contributed by atoms with Gasteiger partial charge in [-0.25, -0.2) is 0 Å². The van der Waals surface area contributed by atoms with Crippen molar-refractivity contribution >= 4 is 10.3 Å². The van der Waals surface area contributed by atoms with Gasteiger partial charge in [-0.05, 0) is 71.6 Å². The molecule has 1 saturated heterocycles. The van der Waals surface area contributed by atoms with Crippen LogP contribution in [0.1, 0.15) is 110 Å². The van der Waals surface area contributed by atoms with E-state index >= 15 is 0 Å². The van der Waals surface area contributed by atoms with Gasteiger partial charge < -0.3 is 9.80 Å². The van der Waals surface area contributed by atoms with Crippen molar-refractivity contribution in [3.63, 3.8) is 0 Å². The zero-order valence-electron chi connectivity index (χ0n) is 25.8. The Morgan fingerprint density at radius 2 is 1.56 bits per heavy atom. The Balaban J connectivity index is 0.000000247. The van der Waals surface area contributed by atoms with Crippen LogP contribution in [0.15, 0.2) is 42.5 Å². The molecule has 4 heteroatoms. The number of hydrogen-bond acceptors (Lipinski definition) is 3. The van der Waals surface area contributed by atoms with Crippen molar-refractivity contribution in [3.8, 4) is 5.75 Å². The monoisotopic (exact) mass is 617 g/mol. The Hall–Kier alpha value is -1.51. The van der Waals surface area contributed by atoms with Crippen molar-refractivity contribution in [3.05, 3.63) is 65.8 Å². The van der Waals surface area contributed by atoms with Crippen molar-refractivity contribution in [1.82, 2.24) is 4.90 Å². The Kier molecular flexibility index (Phi) is 9.49. The Labute approximate surface area is 248 Å². The molecule has 0 aromatic heterocycles. The van der Waals surface area contributed by atoms with Gasteiger partial charge in [0.25, 0.3) is 0 Å². The van der Waals surface area contributed by atoms with E-state index in [1.165, 1.54) is 42.6 Å². The summed E-state index contributed by atoms with van der Waals surface area (Å²) in [5, 5.41) is 0. The van der Waals surface area contributed by atoms with Crippen molar-refractivity contribution in [1.29, 1.82) is 0 Å². The molecule has 5 rings (SSSR count). The van der Waals surface area contributed by atoms with Crippen LogP contribution in [0, 0.1) is 23.4 Å². The molecule has 2 aliphatic carbocycles. The SMILES string of the molecule is CC(C)Oc1ccccc1[CH]=[Ru+].CC(C)c1cccc(C(C)C)c1N1[CH-]N(C2CC3CC2(C)CC3(C)C)CC1. The van der Waals surface area contributed by atoms with Gasteiger partial charge in [0.2, 0.25) is 0 Å². The molecule has 0 spiro atoms. The zero-order valence-corrected chi connectivity index (χ0v) is 27.5. The number of nitrogens with zero attached hydrogens (tertiary/aromatic N) is 2. The van der Waals surface area contributed by atoms with Gasteiger partial charge in [0.05, 0.1) is 0 Å².